The van der Waals surface area contributed by atoms with Crippen molar-refractivity contribution in [3.8, 4) is 0 Å². The molecule has 0 spiro atoms. The molecule has 12 heteroatoms. The molecule has 36 heavy (non-hydrogen) atoms. The number of carbonyl (C=O) groups is 1. The molecule has 0 aliphatic carbocycles. The molecule has 2 aromatic rings. The smallest absolute Gasteiger partial charge is 0.418 e. The van der Waals surface area contributed by atoms with Crippen LogP contribution in [0, 0.1) is 5.82 Å². The Morgan fingerprint density at radius 3 is 2.69 bits per heavy atom. The van der Waals surface area contributed by atoms with Crippen LogP contribution in [0.25, 0.3) is 0 Å². The molecule has 2 saturated heterocycles. The van der Waals surface area contributed by atoms with Crippen molar-refractivity contribution in [3.63, 3.8) is 0 Å². The highest BCUT2D eigenvalue weighted by atomic mass is 19.3. The largest absolute Gasteiger partial charge is 0.444 e. The van der Waals surface area contributed by atoms with E-state index in [1.165, 1.54) is 25.3 Å². The molecule has 2 aliphatic rings. The van der Waals surface area contributed by atoms with E-state index in [2.05, 4.69) is 15.3 Å². The number of benzene rings is 1. The van der Waals surface area contributed by atoms with Gasteiger partial charge in [-0.2, -0.15) is 4.98 Å². The van der Waals surface area contributed by atoms with Crippen molar-refractivity contribution in [1.82, 2.24) is 19.8 Å². The molecule has 196 valence electrons. The van der Waals surface area contributed by atoms with E-state index >= 15 is 0 Å². The number of likely N-dealkylation sites (tertiary alicyclic amines) is 1. The Labute approximate surface area is 207 Å². The van der Waals surface area contributed by atoms with Crippen LogP contribution in [-0.2, 0) is 11.3 Å². The lowest BCUT2D eigenvalue weighted by Gasteiger charge is -2.41. The van der Waals surface area contributed by atoms with Crippen LogP contribution in [0.5, 0.6) is 0 Å². The molecule has 2 fully saturated rings. The van der Waals surface area contributed by atoms with Crippen LogP contribution in [0.4, 0.5) is 29.7 Å². The van der Waals surface area contributed by atoms with Gasteiger partial charge < -0.3 is 20.1 Å². The van der Waals surface area contributed by atoms with Crippen molar-refractivity contribution in [2.24, 2.45) is 0 Å². The normalized spacial score (nSPS) is 25.2. The number of alkyl halides is 2. The minimum Gasteiger partial charge on any atom is -0.444 e. The predicted molar refractivity (Wildman–Crippen MR) is 127 cm³/mol. The van der Waals surface area contributed by atoms with Gasteiger partial charge in [-0.25, -0.2) is 27.8 Å². The molecule has 9 nitrogen and oxygen atoms in total. The van der Waals surface area contributed by atoms with E-state index in [1.807, 2.05) is 0 Å². The second kappa shape index (κ2) is 9.83. The molecular formula is C24H31F3N6O3. The Balaban J connectivity index is 1.42. The number of halogens is 3. The average Bonchev–Trinajstić information content (AvgIpc) is 3.06. The molecule has 1 amide bonds. The molecule has 4 rings (SSSR count). The Kier molecular flexibility index (Phi) is 7.13. The van der Waals surface area contributed by atoms with Gasteiger partial charge in [0, 0.05) is 24.8 Å². The molecule has 0 bridgehead atoms. The molecule has 1 unspecified atom stereocenters. The van der Waals surface area contributed by atoms with Crippen molar-refractivity contribution in [2.45, 2.75) is 50.5 Å². The minimum atomic E-state index is -2.87. The van der Waals surface area contributed by atoms with Crippen LogP contribution in [-0.4, -0.2) is 82.4 Å². The van der Waals surface area contributed by atoms with Gasteiger partial charge in [0.05, 0.1) is 18.6 Å². The molecule has 0 saturated carbocycles. The minimum absolute atomic E-state index is 0.0979. The number of aliphatic hydroxyl groups is 1. The fraction of sp³-hybridized carbons (Fsp3) is 0.542. The lowest BCUT2D eigenvalue weighted by atomic mass is 9.98. The van der Waals surface area contributed by atoms with Gasteiger partial charge in [0.2, 0.25) is 5.95 Å². The van der Waals surface area contributed by atoms with Gasteiger partial charge in [-0.15, -0.1) is 0 Å². The van der Waals surface area contributed by atoms with Crippen LogP contribution >= 0.6 is 0 Å². The van der Waals surface area contributed by atoms with Gasteiger partial charge >= 0.3 is 6.09 Å². The number of hydrogen-bond acceptors (Lipinski definition) is 8. The number of ether oxygens (including phenoxy) is 1. The average molecular weight is 509 g/mol. The summed E-state index contributed by atoms with van der Waals surface area (Å²) in [6.45, 7) is 3.18. The first-order chi connectivity index (χ1) is 16.9. The number of nitrogens with one attached hydrogen (secondary N) is 1. The molecular weight excluding hydrogens is 477 g/mol. The van der Waals surface area contributed by atoms with Gasteiger partial charge in [0.15, 0.2) is 5.72 Å². The highest BCUT2D eigenvalue weighted by Gasteiger charge is 2.46. The molecule has 2 aliphatic heterocycles. The third kappa shape index (κ3) is 5.40. The molecule has 1 aromatic carbocycles. The SMILES string of the molecule is C[C@H](Nc1nccc(N2C(=O)OC[C@]2(C)O)n1)c1ccc(CN2CCC(N(C)C)C(F)(F)C2)c(F)c1. The fourth-order valence-electron chi connectivity index (χ4n) is 4.66. The Morgan fingerprint density at radius 1 is 1.33 bits per heavy atom. The van der Waals surface area contributed by atoms with Crippen LogP contribution in [0.2, 0.25) is 0 Å². The number of cyclic esters (lactones) is 1. The first-order valence-electron chi connectivity index (χ1n) is 11.7. The maximum absolute atomic E-state index is 14.9. The predicted octanol–water partition coefficient (Wildman–Crippen LogP) is 3.23. The number of anilines is 2. The van der Waals surface area contributed by atoms with Gasteiger partial charge in [0.25, 0.3) is 5.92 Å². The zero-order valence-electron chi connectivity index (χ0n) is 20.7. The van der Waals surface area contributed by atoms with Crippen molar-refractivity contribution in [1.29, 1.82) is 0 Å². The lowest BCUT2D eigenvalue weighted by Crippen LogP contribution is -2.56. The van der Waals surface area contributed by atoms with Gasteiger partial charge in [-0.05, 0) is 52.1 Å². The number of amides is 1. The van der Waals surface area contributed by atoms with E-state index in [0.717, 1.165) is 4.90 Å². The van der Waals surface area contributed by atoms with E-state index in [-0.39, 0.29) is 24.9 Å². The van der Waals surface area contributed by atoms with Crippen LogP contribution in [0.3, 0.4) is 0 Å². The van der Waals surface area contributed by atoms with Crippen molar-refractivity contribution >= 4 is 17.9 Å². The zero-order valence-corrected chi connectivity index (χ0v) is 20.7. The summed E-state index contributed by atoms with van der Waals surface area (Å²) in [5, 5.41) is 13.4. The summed E-state index contributed by atoms with van der Waals surface area (Å²) in [6, 6.07) is 4.94. The highest BCUT2D eigenvalue weighted by Crippen LogP contribution is 2.32. The molecule has 3 atom stereocenters. The summed E-state index contributed by atoms with van der Waals surface area (Å²) in [5.74, 6) is -3.02. The summed E-state index contributed by atoms with van der Waals surface area (Å²) in [5.41, 5.74) is -0.591. The topological polar surface area (TPSA) is 94.1 Å². The Hall–Kier alpha value is -2.96. The van der Waals surface area contributed by atoms with Crippen molar-refractivity contribution in [3.05, 3.63) is 47.4 Å². The Bertz CT molecular complexity index is 1120. The lowest BCUT2D eigenvalue weighted by molar-refractivity contribution is -0.119. The monoisotopic (exact) mass is 508 g/mol. The zero-order chi connectivity index (χ0) is 26.3. The first kappa shape index (κ1) is 26.1. The number of rotatable bonds is 7. The summed E-state index contributed by atoms with van der Waals surface area (Å²) in [7, 11) is 3.29. The number of piperidine rings is 1. The maximum atomic E-state index is 14.9. The van der Waals surface area contributed by atoms with Crippen LogP contribution in [0.1, 0.15) is 37.4 Å². The number of nitrogens with zero attached hydrogens (tertiary/aromatic N) is 5. The molecule has 0 radical (unpaired) electrons. The quantitative estimate of drug-likeness (QED) is 0.589. The first-order valence-corrected chi connectivity index (χ1v) is 11.7. The second-order valence-electron chi connectivity index (χ2n) is 9.80. The van der Waals surface area contributed by atoms with Crippen LogP contribution in [0.15, 0.2) is 30.5 Å². The van der Waals surface area contributed by atoms with Gasteiger partial charge in [0.1, 0.15) is 18.2 Å². The van der Waals surface area contributed by atoms with Gasteiger partial charge in [-0.3, -0.25) is 4.90 Å². The number of carbonyl (C=O) groups excluding carboxylic acids is 1. The fourth-order valence-corrected chi connectivity index (χ4v) is 4.66. The molecule has 2 N–H and O–H groups in total. The highest BCUT2D eigenvalue weighted by molar-refractivity contribution is 5.89. The standard InChI is InChI=1S/C24H31F3N6O3/c1-15(29-21-28-9-7-20(30-21)33-22(34)36-14-23(33,2)35)16-5-6-17(18(25)11-16)12-32-10-8-19(31(3)4)24(26,27)13-32/h5-7,9,11,15,19,35H,8,10,12-14H2,1-4H3,(H,28,29,30)/t15-,19?,23-/m0/s1. The van der Waals surface area contributed by atoms with Gasteiger partial charge in [-0.1, -0.05) is 12.1 Å². The number of hydrogen-bond donors (Lipinski definition) is 2. The summed E-state index contributed by atoms with van der Waals surface area (Å²) >= 11 is 0. The number of aromatic nitrogens is 2. The van der Waals surface area contributed by atoms with Crippen molar-refractivity contribution in [2.75, 3.05) is 44.0 Å². The Morgan fingerprint density at radius 2 is 2.08 bits per heavy atom. The van der Waals surface area contributed by atoms with E-state index in [0.29, 0.717) is 24.1 Å². The third-order valence-electron chi connectivity index (χ3n) is 6.58. The molecule has 1 aromatic heterocycles. The van der Waals surface area contributed by atoms with Crippen molar-refractivity contribution < 1.29 is 27.8 Å². The molecule has 3 heterocycles. The van der Waals surface area contributed by atoms with E-state index in [4.69, 9.17) is 4.74 Å². The summed E-state index contributed by atoms with van der Waals surface area (Å²) in [6.07, 6.45) is 1.02. The van der Waals surface area contributed by atoms with E-state index in [1.54, 1.807) is 43.0 Å². The van der Waals surface area contributed by atoms with E-state index < -0.39 is 42.2 Å². The third-order valence-corrected chi connectivity index (χ3v) is 6.58. The maximum Gasteiger partial charge on any atom is 0.418 e. The van der Waals surface area contributed by atoms with Crippen LogP contribution < -0.4 is 10.2 Å². The summed E-state index contributed by atoms with van der Waals surface area (Å²) in [4.78, 5) is 24.6. The second-order valence-corrected chi connectivity index (χ2v) is 9.80. The summed E-state index contributed by atoms with van der Waals surface area (Å²) < 4.78 is 48.8. The van der Waals surface area contributed by atoms with E-state index in [9.17, 15) is 23.1 Å².